The Balaban J connectivity index is 2.48. The van der Waals surface area contributed by atoms with Crippen molar-refractivity contribution in [3.63, 3.8) is 0 Å². The van der Waals surface area contributed by atoms with Gasteiger partial charge in [0.15, 0.2) is 0 Å². The highest BCUT2D eigenvalue weighted by atomic mass is 32.2. The Morgan fingerprint density at radius 3 is 2.62 bits per heavy atom. The zero-order valence-corrected chi connectivity index (χ0v) is 11.3. The molecule has 0 aliphatic carbocycles. The fraction of sp³-hybridized carbons (Fsp3) is 0.417. The Bertz CT molecular complexity index is 337. The summed E-state index contributed by atoms with van der Waals surface area (Å²) in [6.07, 6.45) is 0. The van der Waals surface area contributed by atoms with Crippen molar-refractivity contribution in [1.29, 1.82) is 0 Å². The van der Waals surface area contributed by atoms with E-state index in [9.17, 15) is 4.79 Å². The van der Waals surface area contributed by atoms with Crippen molar-refractivity contribution in [2.45, 2.75) is 24.8 Å². The van der Waals surface area contributed by atoms with E-state index in [0.717, 1.165) is 16.4 Å². The van der Waals surface area contributed by atoms with Crippen molar-refractivity contribution in [3.05, 3.63) is 29.8 Å². The zero-order chi connectivity index (χ0) is 12.0. The molecule has 0 bridgehead atoms. The summed E-state index contributed by atoms with van der Waals surface area (Å²) in [5, 5.41) is 2.97. The average Bonchev–Trinajstić information content (AvgIpc) is 2.27. The van der Waals surface area contributed by atoms with E-state index in [0.29, 0.717) is 5.56 Å². The molecule has 0 radical (unpaired) electrons. The predicted octanol–water partition coefficient (Wildman–Crippen LogP) is 2.85. The molecule has 1 rings (SSSR count). The number of hydrogen-bond donors (Lipinski definition) is 2. The van der Waals surface area contributed by atoms with Gasteiger partial charge in [-0.25, -0.2) is 0 Å². The Morgan fingerprint density at radius 2 is 2.06 bits per heavy atom. The van der Waals surface area contributed by atoms with Crippen molar-refractivity contribution < 1.29 is 4.79 Å². The van der Waals surface area contributed by atoms with Gasteiger partial charge in [-0.2, -0.15) is 11.8 Å². The molecule has 16 heavy (non-hydrogen) atoms. The van der Waals surface area contributed by atoms with Crippen LogP contribution in [0, 0.1) is 0 Å². The van der Waals surface area contributed by atoms with Crippen LogP contribution < -0.4 is 5.32 Å². The highest BCUT2D eigenvalue weighted by Crippen LogP contribution is 2.08. The smallest absolute Gasteiger partial charge is 0.251 e. The SMILES string of the molecule is CCSCC(C)NC(=O)c1ccc(S)cc1. The number of benzene rings is 1. The molecule has 0 aliphatic heterocycles. The molecule has 1 aromatic rings. The van der Waals surface area contributed by atoms with E-state index in [1.807, 2.05) is 30.8 Å². The van der Waals surface area contributed by atoms with Gasteiger partial charge in [0.25, 0.3) is 5.91 Å². The molecule has 0 saturated carbocycles. The topological polar surface area (TPSA) is 29.1 Å². The minimum absolute atomic E-state index is 0.0162. The number of rotatable bonds is 5. The monoisotopic (exact) mass is 255 g/mol. The quantitative estimate of drug-likeness (QED) is 0.792. The fourth-order valence-electron chi connectivity index (χ4n) is 1.26. The first-order valence-electron chi connectivity index (χ1n) is 5.31. The Hall–Kier alpha value is -0.610. The van der Waals surface area contributed by atoms with Crippen LogP contribution in [0.5, 0.6) is 0 Å². The summed E-state index contributed by atoms with van der Waals surface area (Å²) in [6.45, 7) is 4.14. The molecule has 2 nitrogen and oxygen atoms in total. The molecule has 0 aliphatic rings. The molecule has 0 spiro atoms. The third-order valence-electron chi connectivity index (χ3n) is 2.08. The van der Waals surface area contributed by atoms with Crippen LogP contribution >= 0.6 is 24.4 Å². The number of hydrogen-bond acceptors (Lipinski definition) is 3. The van der Waals surface area contributed by atoms with Crippen LogP contribution in [0.3, 0.4) is 0 Å². The third-order valence-corrected chi connectivity index (χ3v) is 3.52. The summed E-state index contributed by atoms with van der Waals surface area (Å²) in [5.74, 6) is 2.01. The Kier molecular flexibility index (Phi) is 5.77. The van der Waals surface area contributed by atoms with Crippen LogP contribution in [0.25, 0.3) is 0 Å². The maximum Gasteiger partial charge on any atom is 0.251 e. The summed E-state index contributed by atoms with van der Waals surface area (Å²) in [5.41, 5.74) is 0.686. The highest BCUT2D eigenvalue weighted by molar-refractivity contribution is 7.99. The maximum atomic E-state index is 11.8. The normalized spacial score (nSPS) is 12.2. The standard InChI is InChI=1S/C12H17NOS2/c1-3-16-8-9(2)13-12(14)10-4-6-11(15)7-5-10/h4-7,9,15H,3,8H2,1-2H3,(H,13,14). The summed E-state index contributed by atoms with van der Waals surface area (Å²) in [6, 6.07) is 7.43. The van der Waals surface area contributed by atoms with Crippen LogP contribution in [0.2, 0.25) is 0 Å². The van der Waals surface area contributed by atoms with Crippen LogP contribution in [-0.4, -0.2) is 23.5 Å². The van der Waals surface area contributed by atoms with E-state index in [-0.39, 0.29) is 11.9 Å². The minimum Gasteiger partial charge on any atom is -0.349 e. The number of thioether (sulfide) groups is 1. The van der Waals surface area contributed by atoms with Gasteiger partial charge in [0, 0.05) is 22.3 Å². The lowest BCUT2D eigenvalue weighted by atomic mass is 10.2. The lowest BCUT2D eigenvalue weighted by molar-refractivity contribution is 0.0943. The van der Waals surface area contributed by atoms with E-state index in [2.05, 4.69) is 24.9 Å². The van der Waals surface area contributed by atoms with E-state index in [4.69, 9.17) is 0 Å². The van der Waals surface area contributed by atoms with Gasteiger partial charge in [0.05, 0.1) is 0 Å². The van der Waals surface area contributed by atoms with E-state index < -0.39 is 0 Å². The van der Waals surface area contributed by atoms with Gasteiger partial charge in [-0.1, -0.05) is 6.92 Å². The first kappa shape index (κ1) is 13.5. The summed E-state index contributed by atoms with van der Waals surface area (Å²) < 4.78 is 0. The summed E-state index contributed by atoms with van der Waals surface area (Å²) in [4.78, 5) is 12.7. The van der Waals surface area contributed by atoms with Crippen LogP contribution in [0.1, 0.15) is 24.2 Å². The molecule has 0 heterocycles. The number of nitrogens with one attached hydrogen (secondary N) is 1. The molecule has 1 aromatic carbocycles. The molecule has 0 saturated heterocycles. The summed E-state index contributed by atoms with van der Waals surface area (Å²) in [7, 11) is 0. The van der Waals surface area contributed by atoms with Gasteiger partial charge < -0.3 is 5.32 Å². The van der Waals surface area contributed by atoms with Crippen molar-refractivity contribution in [3.8, 4) is 0 Å². The number of carbonyl (C=O) groups is 1. The lowest BCUT2D eigenvalue weighted by Crippen LogP contribution is -2.34. The first-order valence-corrected chi connectivity index (χ1v) is 6.91. The molecule has 88 valence electrons. The van der Waals surface area contributed by atoms with Gasteiger partial charge >= 0.3 is 0 Å². The molecular formula is C12H17NOS2. The first-order chi connectivity index (χ1) is 7.63. The largest absolute Gasteiger partial charge is 0.349 e. The van der Waals surface area contributed by atoms with Gasteiger partial charge in [0.1, 0.15) is 0 Å². The molecule has 1 atom stereocenters. The molecule has 0 aromatic heterocycles. The summed E-state index contributed by atoms with van der Waals surface area (Å²) >= 11 is 6.01. The molecule has 4 heteroatoms. The molecule has 1 N–H and O–H groups in total. The van der Waals surface area contributed by atoms with Crippen LogP contribution in [0.15, 0.2) is 29.2 Å². The third kappa shape index (κ3) is 4.49. The van der Waals surface area contributed by atoms with E-state index in [1.54, 1.807) is 12.1 Å². The Morgan fingerprint density at radius 1 is 1.44 bits per heavy atom. The fourth-order valence-corrected chi connectivity index (χ4v) is 2.08. The van der Waals surface area contributed by atoms with E-state index in [1.165, 1.54) is 0 Å². The number of thiol groups is 1. The van der Waals surface area contributed by atoms with Crippen molar-refractivity contribution in [2.75, 3.05) is 11.5 Å². The van der Waals surface area contributed by atoms with Gasteiger partial charge in [-0.15, -0.1) is 12.6 Å². The lowest BCUT2D eigenvalue weighted by Gasteiger charge is -2.13. The number of carbonyl (C=O) groups excluding carboxylic acids is 1. The van der Waals surface area contributed by atoms with Crippen LogP contribution in [0.4, 0.5) is 0 Å². The highest BCUT2D eigenvalue weighted by Gasteiger charge is 2.08. The van der Waals surface area contributed by atoms with Gasteiger partial charge in [-0.05, 0) is 36.9 Å². The minimum atomic E-state index is -0.0162. The van der Waals surface area contributed by atoms with Crippen molar-refractivity contribution in [2.24, 2.45) is 0 Å². The second kappa shape index (κ2) is 6.86. The second-order valence-corrected chi connectivity index (χ2v) is 5.42. The predicted molar refractivity (Wildman–Crippen MR) is 73.6 cm³/mol. The molecule has 1 unspecified atom stereocenters. The van der Waals surface area contributed by atoms with Gasteiger partial charge in [0.2, 0.25) is 0 Å². The average molecular weight is 255 g/mol. The van der Waals surface area contributed by atoms with Crippen molar-refractivity contribution in [1.82, 2.24) is 5.32 Å². The molecular weight excluding hydrogens is 238 g/mol. The second-order valence-electron chi connectivity index (χ2n) is 3.58. The maximum absolute atomic E-state index is 11.8. The van der Waals surface area contributed by atoms with Gasteiger partial charge in [-0.3, -0.25) is 4.79 Å². The molecule has 0 fully saturated rings. The van der Waals surface area contributed by atoms with E-state index >= 15 is 0 Å². The molecule has 1 amide bonds. The Labute approximate surface area is 107 Å². The number of amides is 1. The zero-order valence-electron chi connectivity index (χ0n) is 9.56. The van der Waals surface area contributed by atoms with Crippen molar-refractivity contribution >= 4 is 30.3 Å². The van der Waals surface area contributed by atoms with Crippen LogP contribution in [-0.2, 0) is 0 Å².